The standard InChI is InChI=1S/C23H25N7O3S/c1-14(31)30-19(15-8-10-16(11-9-15)29(2)3)12-20(28-30)25-23-27-26-21(34-23)13-24-18-7-5-4-6-17(18)22(32)33/h4-11,19,24H,12-13H2,1-3H3,(H,32,33)(H,25,27,28). The molecule has 1 aromatic heterocycles. The summed E-state index contributed by atoms with van der Waals surface area (Å²) in [4.78, 5) is 30.2. The molecule has 11 heteroatoms. The van der Waals surface area contributed by atoms with E-state index in [1.807, 2.05) is 43.3 Å². The first-order valence-corrected chi connectivity index (χ1v) is 11.4. The number of anilines is 2. The molecule has 4 rings (SSSR count). The number of carbonyl (C=O) groups is 2. The van der Waals surface area contributed by atoms with Crippen LogP contribution in [-0.4, -0.2) is 52.1 Å². The Hall–Kier alpha value is -3.99. The lowest BCUT2D eigenvalue weighted by molar-refractivity contribution is -0.132. The molecule has 176 valence electrons. The molecule has 1 aliphatic heterocycles. The van der Waals surface area contributed by atoms with Crippen molar-refractivity contribution in [2.45, 2.75) is 25.9 Å². The van der Waals surface area contributed by atoms with E-state index < -0.39 is 5.97 Å². The van der Waals surface area contributed by atoms with E-state index in [9.17, 15) is 14.7 Å². The van der Waals surface area contributed by atoms with Gasteiger partial charge in [-0.3, -0.25) is 10.2 Å². The van der Waals surface area contributed by atoms with Gasteiger partial charge >= 0.3 is 5.97 Å². The van der Waals surface area contributed by atoms with Crippen LogP contribution in [0.4, 0.5) is 16.5 Å². The number of aromatic carboxylic acids is 1. The maximum absolute atomic E-state index is 12.2. The van der Waals surface area contributed by atoms with E-state index in [-0.39, 0.29) is 17.5 Å². The summed E-state index contributed by atoms with van der Waals surface area (Å²) >= 11 is 1.30. The van der Waals surface area contributed by atoms with Gasteiger partial charge in [0.1, 0.15) is 10.8 Å². The van der Waals surface area contributed by atoms with Crippen molar-refractivity contribution >= 4 is 45.6 Å². The van der Waals surface area contributed by atoms with Crippen LogP contribution in [-0.2, 0) is 11.3 Å². The number of carboxylic acid groups (broad SMARTS) is 1. The fraction of sp³-hybridized carbons (Fsp3) is 0.261. The van der Waals surface area contributed by atoms with E-state index in [1.165, 1.54) is 18.3 Å². The molecular formula is C23H25N7O3S. The van der Waals surface area contributed by atoms with Gasteiger partial charge in [0.2, 0.25) is 11.0 Å². The quantitative estimate of drug-likeness (QED) is 0.471. The van der Waals surface area contributed by atoms with Gasteiger partial charge in [0.05, 0.1) is 18.2 Å². The molecule has 2 aromatic carbocycles. The van der Waals surface area contributed by atoms with E-state index in [4.69, 9.17) is 0 Å². The van der Waals surface area contributed by atoms with Crippen molar-refractivity contribution < 1.29 is 14.7 Å². The van der Waals surface area contributed by atoms with Crippen molar-refractivity contribution in [2.24, 2.45) is 4.99 Å². The fourth-order valence-electron chi connectivity index (χ4n) is 3.64. The van der Waals surface area contributed by atoms with E-state index in [1.54, 1.807) is 29.3 Å². The van der Waals surface area contributed by atoms with Crippen LogP contribution in [0.5, 0.6) is 0 Å². The second kappa shape index (κ2) is 9.87. The normalized spacial score (nSPS) is 16.4. The maximum Gasteiger partial charge on any atom is 0.337 e. The maximum atomic E-state index is 12.2. The molecule has 1 aliphatic rings. The van der Waals surface area contributed by atoms with Crippen LogP contribution in [0.25, 0.3) is 0 Å². The van der Waals surface area contributed by atoms with Crippen molar-refractivity contribution in [1.29, 1.82) is 0 Å². The molecule has 1 unspecified atom stereocenters. The minimum absolute atomic E-state index is 0.105. The molecule has 0 radical (unpaired) electrons. The number of aliphatic imine (C=N–C) groups is 1. The predicted molar refractivity (Wildman–Crippen MR) is 132 cm³/mol. The van der Waals surface area contributed by atoms with Gasteiger partial charge in [-0.2, -0.15) is 0 Å². The lowest BCUT2D eigenvalue weighted by atomic mass is 10.0. The highest BCUT2D eigenvalue weighted by molar-refractivity contribution is 7.15. The lowest BCUT2D eigenvalue weighted by Crippen LogP contribution is -2.38. The van der Waals surface area contributed by atoms with Crippen LogP contribution in [0, 0.1) is 0 Å². The number of hydrazine groups is 1. The number of hydrogen-bond donors (Lipinski definition) is 3. The molecule has 1 atom stereocenters. The number of rotatable bonds is 7. The van der Waals surface area contributed by atoms with Gasteiger partial charge in [0.25, 0.3) is 0 Å². The number of nitrogens with zero attached hydrogens (tertiary/aromatic N) is 5. The second-order valence-corrected chi connectivity index (χ2v) is 8.99. The number of nitrogens with one attached hydrogen (secondary N) is 2. The Morgan fingerprint density at radius 3 is 2.62 bits per heavy atom. The predicted octanol–water partition coefficient (Wildman–Crippen LogP) is 3.44. The van der Waals surface area contributed by atoms with E-state index in [0.717, 1.165) is 11.3 Å². The highest BCUT2D eigenvalue weighted by Gasteiger charge is 2.32. The number of para-hydroxylation sites is 1. The highest BCUT2D eigenvalue weighted by atomic mass is 32.1. The minimum atomic E-state index is -0.999. The molecular weight excluding hydrogens is 454 g/mol. The number of hydrogen-bond acceptors (Lipinski definition) is 8. The molecule has 0 aliphatic carbocycles. The molecule has 1 saturated heterocycles. The van der Waals surface area contributed by atoms with Crippen LogP contribution >= 0.6 is 11.3 Å². The number of aromatic nitrogens is 2. The fourth-order valence-corrected chi connectivity index (χ4v) is 4.31. The van der Waals surface area contributed by atoms with Gasteiger partial charge in [-0.05, 0) is 29.8 Å². The Morgan fingerprint density at radius 1 is 1.21 bits per heavy atom. The minimum Gasteiger partial charge on any atom is -0.478 e. The van der Waals surface area contributed by atoms with Gasteiger partial charge in [-0.1, -0.05) is 35.6 Å². The topological polar surface area (TPSA) is 123 Å². The summed E-state index contributed by atoms with van der Waals surface area (Å²) in [7, 11) is 3.96. The van der Waals surface area contributed by atoms with Gasteiger partial charge in [-0.15, -0.1) is 10.2 Å². The molecule has 0 saturated carbocycles. The summed E-state index contributed by atoms with van der Waals surface area (Å²) in [5.41, 5.74) is 5.89. The largest absolute Gasteiger partial charge is 0.478 e. The summed E-state index contributed by atoms with van der Waals surface area (Å²) < 4.78 is 0. The van der Waals surface area contributed by atoms with E-state index in [2.05, 4.69) is 25.9 Å². The Kier molecular flexibility index (Phi) is 6.73. The summed E-state index contributed by atoms with van der Waals surface area (Å²) in [6, 6.07) is 14.6. The molecule has 0 spiro atoms. The van der Waals surface area contributed by atoms with Gasteiger partial charge in [-0.25, -0.2) is 14.8 Å². The van der Waals surface area contributed by atoms with Crippen molar-refractivity contribution in [1.82, 2.24) is 20.6 Å². The van der Waals surface area contributed by atoms with Gasteiger partial charge < -0.3 is 15.3 Å². The zero-order chi connectivity index (χ0) is 24.2. The summed E-state index contributed by atoms with van der Waals surface area (Å²) in [5, 5.41) is 23.4. The number of amidine groups is 1. The smallest absolute Gasteiger partial charge is 0.337 e. The monoisotopic (exact) mass is 479 g/mol. The summed E-state index contributed by atoms with van der Waals surface area (Å²) in [5.74, 6) is -0.476. The van der Waals surface area contributed by atoms with Crippen molar-refractivity contribution in [3.05, 3.63) is 64.7 Å². The van der Waals surface area contributed by atoms with Crippen LogP contribution in [0.15, 0.2) is 53.5 Å². The van der Waals surface area contributed by atoms with Crippen molar-refractivity contribution in [3.63, 3.8) is 0 Å². The highest BCUT2D eigenvalue weighted by Crippen LogP contribution is 2.31. The van der Waals surface area contributed by atoms with Crippen LogP contribution in [0.3, 0.4) is 0 Å². The molecule has 34 heavy (non-hydrogen) atoms. The van der Waals surface area contributed by atoms with Crippen LogP contribution in [0.2, 0.25) is 0 Å². The first-order chi connectivity index (χ1) is 16.3. The first-order valence-electron chi connectivity index (χ1n) is 10.6. The third-order valence-electron chi connectivity index (χ3n) is 5.36. The second-order valence-electron chi connectivity index (χ2n) is 7.95. The number of carboxylic acids is 1. The van der Waals surface area contributed by atoms with E-state index in [0.29, 0.717) is 34.6 Å². The Labute approximate surface area is 200 Å². The molecule has 1 amide bonds. The molecule has 10 nitrogen and oxygen atoms in total. The van der Waals surface area contributed by atoms with Gasteiger partial charge in [0.15, 0.2) is 0 Å². The first kappa shape index (κ1) is 23.2. The van der Waals surface area contributed by atoms with Crippen molar-refractivity contribution in [3.8, 4) is 0 Å². The average molecular weight is 480 g/mol. The summed E-state index contributed by atoms with van der Waals surface area (Å²) in [6.45, 7) is 1.83. The number of carbonyl (C=O) groups excluding carboxylic acids is 1. The third-order valence-corrected chi connectivity index (χ3v) is 6.17. The summed E-state index contributed by atoms with van der Waals surface area (Å²) in [6.07, 6.45) is 0.528. The van der Waals surface area contributed by atoms with Gasteiger partial charge in [0, 0.05) is 38.8 Å². The zero-order valence-corrected chi connectivity index (χ0v) is 19.8. The molecule has 1 fully saturated rings. The van der Waals surface area contributed by atoms with Crippen molar-refractivity contribution in [2.75, 3.05) is 24.3 Å². The number of benzene rings is 2. The molecule has 2 heterocycles. The lowest BCUT2D eigenvalue weighted by Gasteiger charge is -2.23. The SMILES string of the molecule is CC(=O)N1N/C(=N\c2nnc(CNc3ccccc3C(=O)O)s2)CC1c1ccc(N(C)C)cc1. The average Bonchev–Trinajstić information content (AvgIpc) is 3.45. The zero-order valence-electron chi connectivity index (χ0n) is 19.0. The third kappa shape index (κ3) is 5.15. The Morgan fingerprint density at radius 2 is 1.94 bits per heavy atom. The molecule has 3 aromatic rings. The van der Waals surface area contributed by atoms with E-state index >= 15 is 0 Å². The Bertz CT molecular complexity index is 1220. The number of amides is 1. The molecule has 3 N–H and O–H groups in total. The van der Waals surface area contributed by atoms with Crippen LogP contribution < -0.4 is 15.6 Å². The molecule has 0 bridgehead atoms. The Balaban J connectivity index is 1.46. The van der Waals surface area contributed by atoms with Crippen LogP contribution in [0.1, 0.15) is 40.3 Å².